The maximum absolute atomic E-state index is 12.6. The van der Waals surface area contributed by atoms with Crippen LogP contribution >= 0.6 is 15.9 Å². The van der Waals surface area contributed by atoms with Gasteiger partial charge in [-0.25, -0.2) is 4.79 Å². The molecule has 1 aromatic carbocycles. The second-order valence-corrected chi connectivity index (χ2v) is 6.96. The molecule has 1 aliphatic heterocycles. The quantitative estimate of drug-likeness (QED) is 0.678. The van der Waals surface area contributed by atoms with Crippen LogP contribution in [0, 0.1) is 5.92 Å². The summed E-state index contributed by atoms with van der Waals surface area (Å²) >= 11 is 3.56. The number of hydrogen-bond donors (Lipinski definition) is 0. The maximum atomic E-state index is 12.6. The number of halogens is 1. The van der Waals surface area contributed by atoms with Crippen LogP contribution in [-0.2, 0) is 14.3 Å². The van der Waals surface area contributed by atoms with Crippen molar-refractivity contribution in [3.63, 3.8) is 0 Å². The molecule has 0 saturated carbocycles. The van der Waals surface area contributed by atoms with E-state index < -0.39 is 6.04 Å². The Morgan fingerprint density at radius 1 is 1.44 bits per heavy atom. The SMILES string of the molecule is CCOC(=O)C(CC1CCOCC1)n1ncc2c(Br)c(OC)ccc21. The smallest absolute Gasteiger partial charge is 0.330 e. The highest BCUT2D eigenvalue weighted by molar-refractivity contribution is 9.10. The van der Waals surface area contributed by atoms with E-state index in [0.29, 0.717) is 18.9 Å². The monoisotopic (exact) mass is 410 g/mol. The van der Waals surface area contributed by atoms with E-state index in [1.165, 1.54) is 0 Å². The number of aromatic nitrogens is 2. The molecule has 1 aliphatic rings. The molecule has 136 valence electrons. The van der Waals surface area contributed by atoms with Gasteiger partial charge in [-0.2, -0.15) is 5.10 Å². The third-order valence-corrected chi connectivity index (χ3v) is 5.47. The van der Waals surface area contributed by atoms with Crippen LogP contribution in [0.5, 0.6) is 5.75 Å². The Bertz CT molecular complexity index is 740. The number of rotatable bonds is 6. The highest BCUT2D eigenvalue weighted by Crippen LogP contribution is 2.35. The van der Waals surface area contributed by atoms with Gasteiger partial charge in [0.1, 0.15) is 11.8 Å². The zero-order chi connectivity index (χ0) is 17.8. The Morgan fingerprint density at radius 2 is 2.20 bits per heavy atom. The average Bonchev–Trinajstić information content (AvgIpc) is 3.06. The van der Waals surface area contributed by atoms with Crippen LogP contribution in [0.25, 0.3) is 10.9 Å². The number of hydrogen-bond acceptors (Lipinski definition) is 5. The molecule has 0 radical (unpaired) electrons. The van der Waals surface area contributed by atoms with E-state index in [0.717, 1.165) is 47.2 Å². The highest BCUT2D eigenvalue weighted by Gasteiger charge is 2.29. The van der Waals surface area contributed by atoms with Crippen molar-refractivity contribution in [1.29, 1.82) is 0 Å². The number of fused-ring (bicyclic) bond motifs is 1. The molecule has 1 aromatic heterocycles. The van der Waals surface area contributed by atoms with E-state index in [2.05, 4.69) is 21.0 Å². The summed E-state index contributed by atoms with van der Waals surface area (Å²) in [5.41, 5.74) is 0.887. The summed E-state index contributed by atoms with van der Waals surface area (Å²) < 4.78 is 18.7. The molecule has 1 atom stereocenters. The Morgan fingerprint density at radius 3 is 2.88 bits per heavy atom. The van der Waals surface area contributed by atoms with Crippen molar-refractivity contribution in [2.45, 2.75) is 32.2 Å². The van der Waals surface area contributed by atoms with Gasteiger partial charge in [-0.15, -0.1) is 0 Å². The minimum atomic E-state index is -0.430. The molecular weight excluding hydrogens is 388 g/mol. The van der Waals surface area contributed by atoms with Gasteiger partial charge in [-0.3, -0.25) is 4.68 Å². The lowest BCUT2D eigenvalue weighted by molar-refractivity contribution is -0.148. The zero-order valence-corrected chi connectivity index (χ0v) is 16.1. The molecule has 1 saturated heterocycles. The molecule has 2 heterocycles. The van der Waals surface area contributed by atoms with Crippen molar-refractivity contribution >= 4 is 32.8 Å². The van der Waals surface area contributed by atoms with E-state index in [4.69, 9.17) is 14.2 Å². The molecule has 0 aliphatic carbocycles. The first-order valence-electron chi connectivity index (χ1n) is 8.59. The van der Waals surface area contributed by atoms with Gasteiger partial charge in [-0.1, -0.05) is 0 Å². The molecule has 6 nitrogen and oxygen atoms in total. The van der Waals surface area contributed by atoms with Crippen LogP contribution in [0.4, 0.5) is 0 Å². The molecule has 2 aromatic rings. The fourth-order valence-corrected chi connectivity index (χ4v) is 3.91. The van der Waals surface area contributed by atoms with Gasteiger partial charge >= 0.3 is 5.97 Å². The molecule has 0 bridgehead atoms. The van der Waals surface area contributed by atoms with Gasteiger partial charge in [0.2, 0.25) is 0 Å². The molecular formula is C18H23BrN2O4. The molecule has 25 heavy (non-hydrogen) atoms. The first-order chi connectivity index (χ1) is 12.2. The Labute approximate surface area is 155 Å². The van der Waals surface area contributed by atoms with Crippen molar-refractivity contribution in [3.8, 4) is 5.75 Å². The summed E-state index contributed by atoms with van der Waals surface area (Å²) in [6, 6.07) is 3.38. The summed E-state index contributed by atoms with van der Waals surface area (Å²) in [7, 11) is 1.63. The summed E-state index contributed by atoms with van der Waals surface area (Å²) in [5.74, 6) is 0.944. The lowest BCUT2D eigenvalue weighted by atomic mass is 9.92. The number of nitrogens with zero attached hydrogens (tertiary/aromatic N) is 2. The van der Waals surface area contributed by atoms with Crippen molar-refractivity contribution in [2.24, 2.45) is 5.92 Å². The predicted molar refractivity (Wildman–Crippen MR) is 97.8 cm³/mol. The van der Waals surface area contributed by atoms with Gasteiger partial charge < -0.3 is 14.2 Å². The number of carbonyl (C=O) groups is 1. The van der Waals surface area contributed by atoms with E-state index in [-0.39, 0.29) is 5.97 Å². The summed E-state index contributed by atoms with van der Waals surface area (Å²) in [6.07, 6.45) is 4.40. The molecule has 0 spiro atoms. The van der Waals surface area contributed by atoms with Gasteiger partial charge in [0, 0.05) is 18.6 Å². The third kappa shape index (κ3) is 3.82. The van der Waals surface area contributed by atoms with Crippen molar-refractivity contribution in [2.75, 3.05) is 26.9 Å². The Hall–Kier alpha value is -1.60. The predicted octanol–water partition coefficient (Wildman–Crippen LogP) is 3.73. The standard InChI is InChI=1S/C18H23BrN2O4/c1-3-25-18(22)15(10-12-6-8-24-9-7-12)21-14-4-5-16(23-2)17(19)13(14)11-20-21/h4-5,11-12,15H,3,6-10H2,1-2H3. The zero-order valence-electron chi connectivity index (χ0n) is 14.5. The van der Waals surface area contributed by atoms with E-state index >= 15 is 0 Å². The molecule has 1 fully saturated rings. The lowest BCUT2D eigenvalue weighted by Gasteiger charge is -2.26. The summed E-state index contributed by atoms with van der Waals surface area (Å²) in [5, 5.41) is 5.42. The highest BCUT2D eigenvalue weighted by atomic mass is 79.9. The molecule has 0 N–H and O–H groups in total. The molecule has 7 heteroatoms. The summed E-state index contributed by atoms with van der Waals surface area (Å²) in [4.78, 5) is 12.6. The number of esters is 1. The fourth-order valence-electron chi connectivity index (χ4n) is 3.31. The van der Waals surface area contributed by atoms with Crippen LogP contribution in [0.3, 0.4) is 0 Å². The molecule has 1 unspecified atom stereocenters. The normalized spacial score (nSPS) is 16.8. The minimum Gasteiger partial charge on any atom is -0.496 e. The molecule has 0 amide bonds. The fraction of sp³-hybridized carbons (Fsp3) is 0.556. The average molecular weight is 411 g/mol. The van der Waals surface area contributed by atoms with Crippen LogP contribution in [0.1, 0.15) is 32.2 Å². The van der Waals surface area contributed by atoms with Gasteiger partial charge in [0.25, 0.3) is 0 Å². The van der Waals surface area contributed by atoms with Crippen molar-refractivity contribution in [1.82, 2.24) is 9.78 Å². The van der Waals surface area contributed by atoms with Crippen LogP contribution in [0.15, 0.2) is 22.8 Å². The largest absolute Gasteiger partial charge is 0.496 e. The third-order valence-electron chi connectivity index (χ3n) is 4.65. The number of carbonyl (C=O) groups excluding carboxylic acids is 1. The first kappa shape index (κ1) is 18.2. The first-order valence-corrected chi connectivity index (χ1v) is 9.39. The lowest BCUT2D eigenvalue weighted by Crippen LogP contribution is -2.27. The second-order valence-electron chi connectivity index (χ2n) is 6.16. The van der Waals surface area contributed by atoms with Crippen molar-refractivity contribution < 1.29 is 19.0 Å². The van der Waals surface area contributed by atoms with E-state index in [9.17, 15) is 4.79 Å². The number of ether oxygens (including phenoxy) is 3. The number of methoxy groups -OCH3 is 1. The topological polar surface area (TPSA) is 62.6 Å². The minimum absolute atomic E-state index is 0.231. The Kier molecular flexibility index (Phi) is 5.96. The second kappa shape index (κ2) is 8.19. The molecule has 3 rings (SSSR count). The van der Waals surface area contributed by atoms with Crippen LogP contribution < -0.4 is 4.74 Å². The van der Waals surface area contributed by atoms with Crippen molar-refractivity contribution in [3.05, 3.63) is 22.8 Å². The van der Waals surface area contributed by atoms with Gasteiger partial charge in [-0.05, 0) is 60.2 Å². The van der Waals surface area contributed by atoms with Crippen LogP contribution in [0.2, 0.25) is 0 Å². The number of benzene rings is 1. The van der Waals surface area contributed by atoms with E-state index in [1.807, 2.05) is 19.1 Å². The van der Waals surface area contributed by atoms with Crippen LogP contribution in [-0.4, -0.2) is 42.7 Å². The van der Waals surface area contributed by atoms with E-state index in [1.54, 1.807) is 18.0 Å². The summed E-state index contributed by atoms with van der Waals surface area (Å²) in [6.45, 7) is 3.69. The van der Waals surface area contributed by atoms with Gasteiger partial charge in [0.15, 0.2) is 0 Å². The Balaban J connectivity index is 1.95. The maximum Gasteiger partial charge on any atom is 0.330 e. The van der Waals surface area contributed by atoms with Gasteiger partial charge in [0.05, 0.1) is 29.9 Å².